The molecule has 0 atom stereocenters. The van der Waals surface area contributed by atoms with Crippen LogP contribution in [0.15, 0.2) is 36.7 Å². The van der Waals surface area contributed by atoms with Gasteiger partial charge in [-0.2, -0.15) is 0 Å². The van der Waals surface area contributed by atoms with Crippen molar-refractivity contribution in [3.63, 3.8) is 0 Å². The Bertz CT molecular complexity index is 675. The van der Waals surface area contributed by atoms with Crippen molar-refractivity contribution in [1.82, 2.24) is 9.97 Å². The van der Waals surface area contributed by atoms with Crippen molar-refractivity contribution in [2.24, 2.45) is 0 Å². The highest BCUT2D eigenvalue weighted by molar-refractivity contribution is 6.33. The second-order valence-corrected chi connectivity index (χ2v) is 5.60. The molecular weight excluding hydrogens is 316 g/mol. The summed E-state index contributed by atoms with van der Waals surface area (Å²) < 4.78 is 5.22. The number of nitrogens with one attached hydrogen (secondary N) is 1. The SMILES string of the molecule is O=C(Nc1c(Cl)ncnc1N1CCCC1)OCc1ccccc1. The number of rotatable bonds is 4. The summed E-state index contributed by atoms with van der Waals surface area (Å²) in [5.74, 6) is 0.638. The third kappa shape index (κ3) is 3.90. The van der Waals surface area contributed by atoms with Crippen LogP contribution in [0.2, 0.25) is 5.15 Å². The van der Waals surface area contributed by atoms with Gasteiger partial charge >= 0.3 is 6.09 Å². The lowest BCUT2D eigenvalue weighted by molar-refractivity contribution is 0.155. The molecule has 0 spiro atoms. The minimum atomic E-state index is -0.578. The molecule has 1 aromatic heterocycles. The standard InChI is InChI=1S/C16H17ClN4O2/c17-14-13(15(19-11-18-14)21-8-4-5-9-21)20-16(22)23-10-12-6-2-1-3-7-12/h1-3,6-7,11H,4-5,8-10H2,(H,20,22). The summed E-state index contributed by atoms with van der Waals surface area (Å²) >= 11 is 6.12. The van der Waals surface area contributed by atoms with E-state index in [9.17, 15) is 4.79 Å². The van der Waals surface area contributed by atoms with Crippen LogP contribution in [0.1, 0.15) is 18.4 Å². The quantitative estimate of drug-likeness (QED) is 0.868. The fourth-order valence-corrected chi connectivity index (χ4v) is 2.67. The van der Waals surface area contributed by atoms with E-state index in [0.29, 0.717) is 11.5 Å². The van der Waals surface area contributed by atoms with Gasteiger partial charge in [-0.3, -0.25) is 5.32 Å². The predicted octanol–water partition coefficient (Wildman–Crippen LogP) is 3.48. The Morgan fingerprint density at radius 3 is 2.70 bits per heavy atom. The fraction of sp³-hybridized carbons (Fsp3) is 0.312. The molecule has 1 saturated heterocycles. The molecule has 6 nitrogen and oxygen atoms in total. The summed E-state index contributed by atoms with van der Waals surface area (Å²) in [6.07, 6.45) is 3.01. The van der Waals surface area contributed by atoms with Crippen molar-refractivity contribution >= 4 is 29.2 Å². The van der Waals surface area contributed by atoms with Crippen LogP contribution >= 0.6 is 11.6 Å². The summed E-state index contributed by atoms with van der Waals surface area (Å²) in [4.78, 5) is 22.3. The molecule has 2 aromatic rings. The minimum Gasteiger partial charge on any atom is -0.444 e. The molecule has 1 aliphatic rings. The van der Waals surface area contributed by atoms with E-state index < -0.39 is 6.09 Å². The fourth-order valence-electron chi connectivity index (χ4n) is 2.49. The zero-order valence-electron chi connectivity index (χ0n) is 12.5. The van der Waals surface area contributed by atoms with E-state index in [-0.39, 0.29) is 11.8 Å². The Kier molecular flexibility index (Phi) is 4.92. The maximum atomic E-state index is 12.0. The summed E-state index contributed by atoms with van der Waals surface area (Å²) in [6, 6.07) is 9.48. The highest BCUT2D eigenvalue weighted by Gasteiger charge is 2.21. The van der Waals surface area contributed by atoms with Crippen molar-refractivity contribution in [3.8, 4) is 0 Å². The largest absolute Gasteiger partial charge is 0.444 e. The molecule has 7 heteroatoms. The van der Waals surface area contributed by atoms with Gasteiger partial charge in [-0.1, -0.05) is 41.9 Å². The van der Waals surface area contributed by atoms with Crippen molar-refractivity contribution in [3.05, 3.63) is 47.4 Å². The van der Waals surface area contributed by atoms with E-state index in [4.69, 9.17) is 16.3 Å². The average molecular weight is 333 g/mol. The first-order valence-electron chi connectivity index (χ1n) is 7.47. The van der Waals surface area contributed by atoms with Crippen LogP contribution in [-0.2, 0) is 11.3 Å². The van der Waals surface area contributed by atoms with Gasteiger partial charge in [0.2, 0.25) is 0 Å². The van der Waals surface area contributed by atoms with Crippen molar-refractivity contribution in [1.29, 1.82) is 0 Å². The van der Waals surface area contributed by atoms with Gasteiger partial charge in [0, 0.05) is 13.1 Å². The summed E-state index contributed by atoms with van der Waals surface area (Å²) in [7, 11) is 0. The molecular formula is C16H17ClN4O2. The molecule has 1 fully saturated rings. The number of hydrogen-bond donors (Lipinski definition) is 1. The number of aromatic nitrogens is 2. The van der Waals surface area contributed by atoms with E-state index in [1.54, 1.807) is 0 Å². The molecule has 1 N–H and O–H groups in total. The summed E-state index contributed by atoms with van der Waals surface area (Å²) in [6.45, 7) is 1.97. The molecule has 1 aromatic carbocycles. The van der Waals surface area contributed by atoms with Crippen molar-refractivity contribution in [2.45, 2.75) is 19.4 Å². The van der Waals surface area contributed by atoms with E-state index in [1.807, 2.05) is 30.3 Å². The van der Waals surface area contributed by atoms with Crippen LogP contribution in [0, 0.1) is 0 Å². The van der Waals surface area contributed by atoms with Crippen molar-refractivity contribution < 1.29 is 9.53 Å². The van der Waals surface area contributed by atoms with Gasteiger partial charge < -0.3 is 9.64 Å². The summed E-state index contributed by atoms with van der Waals surface area (Å²) in [5, 5.41) is 2.87. The number of carbonyl (C=O) groups is 1. The van der Waals surface area contributed by atoms with Crippen LogP contribution < -0.4 is 10.2 Å². The Hall–Kier alpha value is -2.34. The first kappa shape index (κ1) is 15.6. The molecule has 1 amide bonds. The number of anilines is 2. The van der Waals surface area contributed by atoms with Gasteiger partial charge in [0.25, 0.3) is 0 Å². The number of hydrogen-bond acceptors (Lipinski definition) is 5. The number of halogens is 1. The molecule has 23 heavy (non-hydrogen) atoms. The molecule has 0 unspecified atom stereocenters. The Labute approximate surface area is 139 Å². The van der Waals surface area contributed by atoms with E-state index in [2.05, 4.69) is 20.2 Å². The Balaban J connectivity index is 1.68. The molecule has 0 saturated carbocycles. The highest BCUT2D eigenvalue weighted by atomic mass is 35.5. The van der Waals surface area contributed by atoms with Crippen LogP contribution in [0.3, 0.4) is 0 Å². The van der Waals surface area contributed by atoms with Gasteiger partial charge in [-0.15, -0.1) is 0 Å². The van der Waals surface area contributed by atoms with Gasteiger partial charge in [0.05, 0.1) is 0 Å². The molecule has 0 radical (unpaired) electrons. The number of nitrogens with zero attached hydrogens (tertiary/aromatic N) is 3. The Morgan fingerprint density at radius 1 is 1.22 bits per heavy atom. The second-order valence-electron chi connectivity index (χ2n) is 5.24. The highest BCUT2D eigenvalue weighted by Crippen LogP contribution is 2.31. The maximum absolute atomic E-state index is 12.0. The zero-order valence-corrected chi connectivity index (χ0v) is 13.3. The topological polar surface area (TPSA) is 67.4 Å². The van der Waals surface area contributed by atoms with E-state index in [1.165, 1.54) is 6.33 Å². The van der Waals surface area contributed by atoms with Crippen LogP contribution in [-0.4, -0.2) is 29.2 Å². The summed E-state index contributed by atoms with van der Waals surface area (Å²) in [5.41, 5.74) is 1.31. The van der Waals surface area contributed by atoms with Crippen LogP contribution in [0.25, 0.3) is 0 Å². The van der Waals surface area contributed by atoms with Crippen LogP contribution in [0.4, 0.5) is 16.3 Å². The van der Waals surface area contributed by atoms with Gasteiger partial charge in [-0.05, 0) is 18.4 Å². The predicted molar refractivity (Wildman–Crippen MR) is 88.7 cm³/mol. The molecule has 2 heterocycles. The lowest BCUT2D eigenvalue weighted by atomic mass is 10.2. The molecule has 120 valence electrons. The third-order valence-electron chi connectivity index (χ3n) is 3.63. The molecule has 1 aliphatic heterocycles. The van der Waals surface area contributed by atoms with Crippen molar-refractivity contribution in [2.75, 3.05) is 23.3 Å². The van der Waals surface area contributed by atoms with E-state index in [0.717, 1.165) is 31.5 Å². The third-order valence-corrected chi connectivity index (χ3v) is 3.91. The first-order chi connectivity index (χ1) is 11.2. The monoisotopic (exact) mass is 332 g/mol. The van der Waals surface area contributed by atoms with Gasteiger partial charge in [-0.25, -0.2) is 14.8 Å². The Morgan fingerprint density at radius 2 is 1.96 bits per heavy atom. The number of benzene rings is 1. The normalized spacial score (nSPS) is 13.9. The second kappa shape index (κ2) is 7.28. The number of amides is 1. The zero-order chi connectivity index (χ0) is 16.1. The maximum Gasteiger partial charge on any atom is 0.412 e. The number of ether oxygens (including phenoxy) is 1. The first-order valence-corrected chi connectivity index (χ1v) is 7.85. The number of carbonyl (C=O) groups excluding carboxylic acids is 1. The van der Waals surface area contributed by atoms with Gasteiger partial charge in [0.1, 0.15) is 18.6 Å². The lowest BCUT2D eigenvalue weighted by Gasteiger charge is -2.20. The minimum absolute atomic E-state index is 0.191. The average Bonchev–Trinajstić information content (AvgIpc) is 3.10. The molecule has 0 bridgehead atoms. The van der Waals surface area contributed by atoms with Gasteiger partial charge in [0.15, 0.2) is 11.0 Å². The van der Waals surface area contributed by atoms with E-state index >= 15 is 0 Å². The lowest BCUT2D eigenvalue weighted by Crippen LogP contribution is -2.23. The molecule has 0 aliphatic carbocycles. The van der Waals surface area contributed by atoms with Crippen LogP contribution in [0.5, 0.6) is 0 Å². The molecule has 3 rings (SSSR count). The smallest absolute Gasteiger partial charge is 0.412 e.